The maximum Gasteiger partial charge on any atom is 0.349 e. The second kappa shape index (κ2) is 13.1. The fraction of sp³-hybridized carbons (Fsp3) is 0.111. The van der Waals surface area contributed by atoms with Gasteiger partial charge in [-0.1, -0.05) is 36.4 Å². The third kappa shape index (κ3) is 7.98. The molecule has 2 atom stereocenters. The lowest BCUT2D eigenvalue weighted by atomic mass is 10.1. The van der Waals surface area contributed by atoms with Crippen molar-refractivity contribution >= 4 is 41.3 Å². The molecule has 3 aromatic rings. The molecule has 0 aliphatic rings. The Kier molecular flexibility index (Phi) is 9.46. The zero-order valence-electron chi connectivity index (χ0n) is 20.5. The number of hydrogen-bond donors (Lipinski definition) is 4. The van der Waals surface area contributed by atoms with Gasteiger partial charge in [0.2, 0.25) is 18.1 Å². The smallest absolute Gasteiger partial charge is 0.349 e. The molecule has 0 fully saturated rings. The van der Waals surface area contributed by atoms with Crippen molar-refractivity contribution in [2.75, 3.05) is 5.32 Å². The van der Waals surface area contributed by atoms with Gasteiger partial charge in [0, 0.05) is 18.2 Å². The minimum atomic E-state index is -2.26. The van der Waals surface area contributed by atoms with Crippen LogP contribution in [-0.4, -0.2) is 52.9 Å². The fourth-order valence-corrected chi connectivity index (χ4v) is 3.18. The summed E-state index contributed by atoms with van der Waals surface area (Å²) in [6, 6.07) is 20.4. The van der Waals surface area contributed by atoms with Crippen LogP contribution in [0.1, 0.15) is 38.0 Å². The Morgan fingerprint density at radius 3 is 1.59 bits per heavy atom. The summed E-state index contributed by atoms with van der Waals surface area (Å²) in [4.78, 5) is 73.8. The molecule has 3 rings (SSSR count). The number of ether oxygens (including phenoxy) is 2. The lowest BCUT2D eigenvalue weighted by Gasteiger charge is -2.23. The fourth-order valence-electron chi connectivity index (χ4n) is 3.18. The molecule has 12 heteroatoms. The summed E-state index contributed by atoms with van der Waals surface area (Å²) in [5, 5.41) is 12.3. The molecular formula is C27H23N3O9. The quantitative estimate of drug-likeness (QED) is 0.236. The number of nitrogens with one attached hydrogen (secondary N) is 3. The van der Waals surface area contributed by atoms with Crippen LogP contribution < -0.4 is 16.2 Å². The van der Waals surface area contributed by atoms with Gasteiger partial charge >= 0.3 is 17.9 Å². The van der Waals surface area contributed by atoms with E-state index in [2.05, 4.69) is 10.7 Å². The first kappa shape index (κ1) is 28.1. The van der Waals surface area contributed by atoms with Gasteiger partial charge in [-0.25, -0.2) is 14.4 Å². The highest BCUT2D eigenvalue weighted by Crippen LogP contribution is 2.14. The molecule has 0 spiro atoms. The average Bonchev–Trinajstić information content (AvgIpc) is 2.94. The molecule has 0 unspecified atom stereocenters. The lowest BCUT2D eigenvalue weighted by Crippen LogP contribution is -2.54. The minimum absolute atomic E-state index is 0.00267. The van der Waals surface area contributed by atoms with E-state index in [0.717, 1.165) is 0 Å². The molecule has 0 radical (unpaired) electrons. The van der Waals surface area contributed by atoms with Crippen molar-refractivity contribution in [2.24, 2.45) is 0 Å². The lowest BCUT2D eigenvalue weighted by molar-refractivity contribution is -0.159. The molecule has 0 aliphatic carbocycles. The van der Waals surface area contributed by atoms with E-state index in [0.29, 0.717) is 5.69 Å². The number of carboxylic acids is 1. The molecule has 4 N–H and O–H groups in total. The summed E-state index contributed by atoms with van der Waals surface area (Å²) < 4.78 is 10.2. The van der Waals surface area contributed by atoms with E-state index in [1.807, 2.05) is 5.43 Å². The summed E-state index contributed by atoms with van der Waals surface area (Å²) in [6.45, 7) is 1.32. The van der Waals surface area contributed by atoms with Crippen LogP contribution in [0.5, 0.6) is 0 Å². The van der Waals surface area contributed by atoms with E-state index in [1.165, 1.54) is 79.7 Å². The predicted molar refractivity (Wildman–Crippen MR) is 135 cm³/mol. The molecule has 3 amide bonds. The molecule has 39 heavy (non-hydrogen) atoms. The zero-order chi connectivity index (χ0) is 28.4. The van der Waals surface area contributed by atoms with Crippen LogP contribution in [0.15, 0.2) is 84.9 Å². The van der Waals surface area contributed by atoms with E-state index in [4.69, 9.17) is 9.47 Å². The van der Waals surface area contributed by atoms with Gasteiger partial charge in [-0.05, 0) is 48.5 Å². The normalized spacial score (nSPS) is 11.7. The molecule has 0 aliphatic heterocycles. The Balaban J connectivity index is 1.79. The minimum Gasteiger partial charge on any atom is -0.478 e. The summed E-state index contributed by atoms with van der Waals surface area (Å²) in [6.07, 6.45) is -4.45. The summed E-state index contributed by atoms with van der Waals surface area (Å²) >= 11 is 0. The van der Waals surface area contributed by atoms with Gasteiger partial charge in [0.25, 0.3) is 11.8 Å². The van der Waals surface area contributed by atoms with E-state index < -0.39 is 41.9 Å². The van der Waals surface area contributed by atoms with Gasteiger partial charge in [-0.3, -0.25) is 25.2 Å². The molecule has 0 aromatic heterocycles. The first-order valence-electron chi connectivity index (χ1n) is 11.4. The van der Waals surface area contributed by atoms with Gasteiger partial charge in [-0.2, -0.15) is 0 Å². The Bertz CT molecular complexity index is 1360. The number of carbonyl (C=O) groups is 6. The summed E-state index contributed by atoms with van der Waals surface area (Å²) in [7, 11) is 0. The number of benzene rings is 3. The van der Waals surface area contributed by atoms with Crippen LogP contribution in [0.3, 0.4) is 0 Å². The SMILES string of the molecule is CC(=O)Nc1ccc(C(=O)NNC(=O)[C@H](OC(=O)c2ccccc2)[C@@H](OC(=O)c2ccccc2)C(=O)O)cc1. The van der Waals surface area contributed by atoms with Crippen molar-refractivity contribution in [3.63, 3.8) is 0 Å². The second-order valence-corrected chi connectivity index (χ2v) is 7.92. The third-order valence-electron chi connectivity index (χ3n) is 5.03. The number of carbonyl (C=O) groups excluding carboxylic acids is 5. The van der Waals surface area contributed by atoms with Gasteiger partial charge in [0.05, 0.1) is 11.1 Å². The number of amides is 3. The monoisotopic (exact) mass is 533 g/mol. The Labute approximate surface area is 221 Å². The predicted octanol–water partition coefficient (Wildman–Crippen LogP) is 1.94. The maximum atomic E-state index is 13.0. The second-order valence-electron chi connectivity index (χ2n) is 7.92. The highest BCUT2D eigenvalue weighted by Gasteiger charge is 2.41. The first-order chi connectivity index (χ1) is 18.7. The average molecular weight is 533 g/mol. The van der Waals surface area contributed by atoms with Crippen LogP contribution >= 0.6 is 0 Å². The van der Waals surface area contributed by atoms with Crippen LogP contribution in [0, 0.1) is 0 Å². The third-order valence-corrected chi connectivity index (χ3v) is 5.03. The molecule has 3 aromatic carbocycles. The summed E-state index contributed by atoms with van der Waals surface area (Å²) in [5.74, 6) is -6.33. The number of esters is 2. The van der Waals surface area contributed by atoms with E-state index >= 15 is 0 Å². The van der Waals surface area contributed by atoms with Crippen molar-refractivity contribution in [1.29, 1.82) is 0 Å². The van der Waals surface area contributed by atoms with Gasteiger partial charge in [0.1, 0.15) is 0 Å². The van der Waals surface area contributed by atoms with Crippen LogP contribution in [-0.2, 0) is 23.9 Å². The molecule has 200 valence electrons. The van der Waals surface area contributed by atoms with Gasteiger partial charge in [0.15, 0.2) is 0 Å². The highest BCUT2D eigenvalue weighted by atomic mass is 16.6. The molecule has 0 saturated heterocycles. The molecule has 0 bridgehead atoms. The Hall–Kier alpha value is -5.52. The van der Waals surface area contributed by atoms with Crippen molar-refractivity contribution in [2.45, 2.75) is 19.1 Å². The Morgan fingerprint density at radius 1 is 0.641 bits per heavy atom. The topological polar surface area (TPSA) is 177 Å². The zero-order valence-corrected chi connectivity index (χ0v) is 20.5. The highest BCUT2D eigenvalue weighted by molar-refractivity contribution is 5.99. The van der Waals surface area contributed by atoms with E-state index in [1.54, 1.807) is 12.1 Å². The maximum absolute atomic E-state index is 13.0. The molecular weight excluding hydrogens is 510 g/mol. The van der Waals surface area contributed by atoms with Crippen molar-refractivity contribution in [3.8, 4) is 0 Å². The number of hydrazine groups is 1. The molecule has 12 nitrogen and oxygen atoms in total. The Morgan fingerprint density at radius 2 is 1.13 bits per heavy atom. The van der Waals surface area contributed by atoms with Gasteiger partial charge in [-0.15, -0.1) is 0 Å². The standard InChI is InChI=1S/C27H23N3O9/c1-16(31)28-20-14-12-17(13-15-20)23(32)29-30-24(33)21(38-26(36)18-8-4-2-5-9-18)22(25(34)35)39-27(37)19-10-6-3-7-11-19/h2-15,21-22H,1H3,(H,28,31)(H,29,32)(H,30,33)(H,34,35)/t21-,22-/m1/s1. The van der Waals surface area contributed by atoms with Crippen molar-refractivity contribution in [3.05, 3.63) is 102 Å². The van der Waals surface area contributed by atoms with Crippen LogP contribution in [0.4, 0.5) is 5.69 Å². The van der Waals surface area contributed by atoms with E-state index in [-0.39, 0.29) is 22.6 Å². The van der Waals surface area contributed by atoms with E-state index in [9.17, 15) is 33.9 Å². The summed E-state index contributed by atoms with van der Waals surface area (Å²) in [5.41, 5.74) is 4.57. The largest absolute Gasteiger partial charge is 0.478 e. The number of hydrogen-bond acceptors (Lipinski definition) is 8. The van der Waals surface area contributed by atoms with Crippen molar-refractivity contribution < 1.29 is 43.3 Å². The van der Waals surface area contributed by atoms with Crippen molar-refractivity contribution in [1.82, 2.24) is 10.9 Å². The number of carboxylic acid groups (broad SMARTS) is 1. The molecule has 0 saturated carbocycles. The van der Waals surface area contributed by atoms with Crippen LogP contribution in [0.25, 0.3) is 0 Å². The first-order valence-corrected chi connectivity index (χ1v) is 11.4. The number of anilines is 1. The number of aliphatic carboxylic acids is 1. The molecule has 0 heterocycles. The van der Waals surface area contributed by atoms with Crippen LogP contribution in [0.2, 0.25) is 0 Å². The number of rotatable bonds is 9. The van der Waals surface area contributed by atoms with Gasteiger partial charge < -0.3 is 19.9 Å².